The van der Waals surface area contributed by atoms with Crippen LogP contribution in [0.2, 0.25) is 0 Å². The van der Waals surface area contributed by atoms with E-state index in [1.54, 1.807) is 7.11 Å². The molecule has 53 heavy (non-hydrogen) atoms. The summed E-state index contributed by atoms with van der Waals surface area (Å²) in [5.74, 6) is 3.60. The van der Waals surface area contributed by atoms with Gasteiger partial charge in [0.2, 0.25) is 0 Å². The molecule has 0 aliphatic heterocycles. The molecule has 2 aromatic carbocycles. The number of hydrogen-bond donors (Lipinski definition) is 0. The predicted octanol–water partition coefficient (Wildman–Crippen LogP) is 13.3. The molecule has 0 radical (unpaired) electrons. The SMILES string of the molecule is CCCCC(C)Oc1cc(CCC(=O)c2c(OC(C)CCCC)ccc(OC(C)CCCC)c2OC(C)CCCC)c(OC(C)CCCC)c(OC)c1. The molecule has 302 valence electrons. The van der Waals surface area contributed by atoms with Crippen LogP contribution >= 0.6 is 0 Å². The molecule has 5 atom stereocenters. The van der Waals surface area contributed by atoms with Gasteiger partial charge in [0.05, 0.1) is 37.6 Å². The zero-order valence-electron chi connectivity index (χ0n) is 35.6. The zero-order chi connectivity index (χ0) is 39.2. The van der Waals surface area contributed by atoms with Crippen molar-refractivity contribution in [2.24, 2.45) is 0 Å². The van der Waals surface area contributed by atoms with E-state index in [1.165, 1.54) is 0 Å². The van der Waals surface area contributed by atoms with Crippen LogP contribution < -0.4 is 28.4 Å². The molecule has 0 heterocycles. The lowest BCUT2D eigenvalue weighted by Crippen LogP contribution is -2.20. The molecule has 0 N–H and O–H groups in total. The van der Waals surface area contributed by atoms with Crippen LogP contribution in [0, 0.1) is 0 Å². The van der Waals surface area contributed by atoms with Crippen LogP contribution in [0.25, 0.3) is 0 Å². The molecule has 2 aromatic rings. The molecule has 0 fully saturated rings. The molecule has 0 aliphatic rings. The Morgan fingerprint density at radius 1 is 0.528 bits per heavy atom. The number of carbonyl (C=O) groups is 1. The van der Waals surface area contributed by atoms with E-state index in [9.17, 15) is 4.79 Å². The molecule has 0 saturated heterocycles. The summed E-state index contributed by atoms with van der Waals surface area (Å²) in [5.41, 5.74) is 1.35. The van der Waals surface area contributed by atoms with Gasteiger partial charge in [-0.3, -0.25) is 4.79 Å². The predicted molar refractivity (Wildman–Crippen MR) is 220 cm³/mol. The topological polar surface area (TPSA) is 72.5 Å². The number of ketones is 1. The van der Waals surface area contributed by atoms with Crippen LogP contribution in [0.3, 0.4) is 0 Å². The van der Waals surface area contributed by atoms with E-state index < -0.39 is 0 Å². The van der Waals surface area contributed by atoms with Crippen LogP contribution in [0.1, 0.15) is 188 Å². The highest BCUT2D eigenvalue weighted by Gasteiger charge is 2.28. The molecule has 0 bridgehead atoms. The van der Waals surface area contributed by atoms with Crippen molar-refractivity contribution < 1.29 is 33.2 Å². The van der Waals surface area contributed by atoms with E-state index in [0.29, 0.717) is 40.7 Å². The molecule has 7 heteroatoms. The van der Waals surface area contributed by atoms with E-state index in [2.05, 4.69) is 69.2 Å². The lowest BCUT2D eigenvalue weighted by molar-refractivity contribution is 0.0962. The molecule has 0 saturated carbocycles. The minimum Gasteiger partial charge on any atom is -0.493 e. The first kappa shape index (κ1) is 46.1. The summed E-state index contributed by atoms with van der Waals surface area (Å²) in [7, 11) is 1.66. The molecular formula is C46H76O7. The highest BCUT2D eigenvalue weighted by atomic mass is 16.5. The third-order valence-corrected chi connectivity index (χ3v) is 9.76. The Kier molecular flexibility index (Phi) is 22.5. The number of Topliss-reactive ketones (excluding diaryl/α,β-unsaturated/α-hetero) is 1. The molecule has 5 unspecified atom stereocenters. The number of unbranched alkanes of at least 4 members (excludes halogenated alkanes) is 5. The molecule has 0 spiro atoms. The Labute approximate surface area is 324 Å². The number of rotatable bonds is 30. The Morgan fingerprint density at radius 2 is 0.943 bits per heavy atom. The standard InChI is InChI=1S/C46H76O7/c1-12-17-22-33(6)49-39-31-38(45(43(32-39)48-11)52-36(9)25-20-15-4)27-28-40(47)44-41(50-34(7)23-18-13-2)29-30-42(51-35(8)24-19-14-3)46(44)53-37(10)26-21-16-5/h29-37H,12-28H2,1-11H3. The Morgan fingerprint density at radius 3 is 1.42 bits per heavy atom. The quantitative estimate of drug-likeness (QED) is 0.0738. The van der Waals surface area contributed by atoms with Crippen LogP contribution in [0.15, 0.2) is 24.3 Å². The lowest BCUT2D eigenvalue weighted by Gasteiger charge is -2.25. The summed E-state index contributed by atoms with van der Waals surface area (Å²) < 4.78 is 38.8. The van der Waals surface area contributed by atoms with Crippen LogP contribution in [0.5, 0.6) is 34.5 Å². The summed E-state index contributed by atoms with van der Waals surface area (Å²) in [6, 6.07) is 7.78. The number of aryl methyl sites for hydroxylation is 1. The van der Waals surface area contributed by atoms with Crippen molar-refractivity contribution in [3.63, 3.8) is 0 Å². The second-order valence-corrected chi connectivity index (χ2v) is 15.2. The van der Waals surface area contributed by atoms with Crippen molar-refractivity contribution in [2.75, 3.05) is 7.11 Å². The first-order chi connectivity index (χ1) is 25.5. The van der Waals surface area contributed by atoms with Crippen molar-refractivity contribution in [2.45, 2.75) is 209 Å². The average molecular weight is 741 g/mol. The molecule has 0 amide bonds. The maximum atomic E-state index is 14.8. The smallest absolute Gasteiger partial charge is 0.176 e. The fourth-order valence-corrected chi connectivity index (χ4v) is 6.48. The monoisotopic (exact) mass is 741 g/mol. The number of hydrogen-bond acceptors (Lipinski definition) is 7. The van der Waals surface area contributed by atoms with Crippen molar-refractivity contribution in [3.8, 4) is 34.5 Å². The largest absolute Gasteiger partial charge is 0.493 e. The van der Waals surface area contributed by atoms with E-state index in [4.69, 9.17) is 28.4 Å². The third-order valence-electron chi connectivity index (χ3n) is 9.76. The highest BCUT2D eigenvalue weighted by Crippen LogP contribution is 2.43. The summed E-state index contributed by atoms with van der Waals surface area (Å²) in [6.07, 6.45) is 15.9. The lowest BCUT2D eigenvalue weighted by atomic mass is 9.99. The number of ether oxygens (including phenoxy) is 6. The number of benzene rings is 2. The minimum atomic E-state index is -0.0973. The van der Waals surface area contributed by atoms with Gasteiger partial charge in [0.1, 0.15) is 17.1 Å². The summed E-state index contributed by atoms with van der Waals surface area (Å²) in [5, 5.41) is 0. The van der Waals surface area contributed by atoms with Gasteiger partial charge in [0.15, 0.2) is 28.8 Å². The van der Waals surface area contributed by atoms with Gasteiger partial charge in [-0.2, -0.15) is 0 Å². The Balaban J connectivity index is 2.66. The van der Waals surface area contributed by atoms with Crippen LogP contribution in [0.4, 0.5) is 0 Å². The first-order valence-corrected chi connectivity index (χ1v) is 21.3. The van der Waals surface area contributed by atoms with Crippen molar-refractivity contribution >= 4 is 5.78 Å². The van der Waals surface area contributed by atoms with Gasteiger partial charge >= 0.3 is 0 Å². The van der Waals surface area contributed by atoms with Crippen molar-refractivity contribution in [1.29, 1.82) is 0 Å². The number of methoxy groups -OCH3 is 1. The second kappa shape index (κ2) is 25.8. The van der Waals surface area contributed by atoms with Gasteiger partial charge in [-0.05, 0) is 91.3 Å². The van der Waals surface area contributed by atoms with Gasteiger partial charge in [-0.15, -0.1) is 0 Å². The van der Waals surface area contributed by atoms with E-state index in [0.717, 1.165) is 108 Å². The Hall–Kier alpha value is -3.09. The first-order valence-electron chi connectivity index (χ1n) is 21.3. The highest BCUT2D eigenvalue weighted by molar-refractivity contribution is 6.02. The van der Waals surface area contributed by atoms with Gasteiger partial charge in [-0.25, -0.2) is 0 Å². The maximum absolute atomic E-state index is 14.8. The van der Waals surface area contributed by atoms with Gasteiger partial charge < -0.3 is 28.4 Å². The molecule has 2 rings (SSSR count). The molecule has 0 aliphatic carbocycles. The third kappa shape index (κ3) is 16.4. The Bertz CT molecular complexity index is 1310. The van der Waals surface area contributed by atoms with Crippen molar-refractivity contribution in [3.05, 3.63) is 35.4 Å². The van der Waals surface area contributed by atoms with E-state index in [-0.39, 0.29) is 42.7 Å². The van der Waals surface area contributed by atoms with Crippen molar-refractivity contribution in [1.82, 2.24) is 0 Å². The number of carbonyl (C=O) groups excluding carboxylic acids is 1. The van der Waals surface area contributed by atoms with E-state index in [1.807, 2.05) is 24.3 Å². The summed E-state index contributed by atoms with van der Waals surface area (Å²) >= 11 is 0. The molecular weight excluding hydrogens is 664 g/mol. The van der Waals surface area contributed by atoms with E-state index >= 15 is 0 Å². The van der Waals surface area contributed by atoms with Gasteiger partial charge in [0, 0.05) is 18.1 Å². The maximum Gasteiger partial charge on any atom is 0.176 e. The average Bonchev–Trinajstić information content (AvgIpc) is 3.14. The van der Waals surface area contributed by atoms with Gasteiger partial charge in [-0.1, -0.05) is 98.8 Å². The fraction of sp³-hybridized carbons (Fsp3) is 0.717. The zero-order valence-corrected chi connectivity index (χ0v) is 35.6. The van der Waals surface area contributed by atoms with Crippen LogP contribution in [-0.4, -0.2) is 43.4 Å². The van der Waals surface area contributed by atoms with Crippen LogP contribution in [-0.2, 0) is 6.42 Å². The fourth-order valence-electron chi connectivity index (χ4n) is 6.48. The molecule has 7 nitrogen and oxygen atoms in total. The minimum absolute atomic E-state index is 0.00806. The molecule has 0 aromatic heterocycles. The normalized spacial score (nSPS) is 14.2. The summed E-state index contributed by atoms with van der Waals surface area (Å²) in [4.78, 5) is 14.8. The summed E-state index contributed by atoms with van der Waals surface area (Å²) in [6.45, 7) is 21.4. The second-order valence-electron chi connectivity index (χ2n) is 15.2. The van der Waals surface area contributed by atoms with Gasteiger partial charge in [0.25, 0.3) is 0 Å².